The van der Waals surface area contributed by atoms with Gasteiger partial charge >= 0.3 is 5.97 Å². The van der Waals surface area contributed by atoms with Crippen molar-refractivity contribution in [1.82, 2.24) is 0 Å². The number of carboxylic acids is 1. The third-order valence-electron chi connectivity index (χ3n) is 8.52. The van der Waals surface area contributed by atoms with Gasteiger partial charge in [0.1, 0.15) is 17.5 Å². The summed E-state index contributed by atoms with van der Waals surface area (Å²) in [4.78, 5) is 36.6. The van der Waals surface area contributed by atoms with Gasteiger partial charge in [0.2, 0.25) is 0 Å². The molecule has 0 spiro atoms. The zero-order chi connectivity index (χ0) is 31.6. The highest BCUT2D eigenvalue weighted by Crippen LogP contribution is 2.17. The largest absolute Gasteiger partial charge is 0.481 e. The van der Waals surface area contributed by atoms with Crippen LogP contribution in [0.1, 0.15) is 200 Å². The second kappa shape index (κ2) is 33.2. The third kappa shape index (κ3) is 30.1. The van der Waals surface area contributed by atoms with Crippen LogP contribution in [0.3, 0.4) is 0 Å². The van der Waals surface area contributed by atoms with Gasteiger partial charge in [0.25, 0.3) is 0 Å². The summed E-state index contributed by atoms with van der Waals surface area (Å²) in [6.07, 6.45) is 40.9. The fourth-order valence-electron chi connectivity index (χ4n) is 5.61. The summed E-state index contributed by atoms with van der Waals surface area (Å²) in [5, 5.41) is 9.54. The first-order chi connectivity index (χ1) is 21.0. The predicted octanol–water partition coefficient (Wildman–Crippen LogP) is 12.3. The maximum atomic E-state index is 12.5. The first-order valence-corrected chi connectivity index (χ1v) is 18.6. The molecule has 0 saturated heterocycles. The number of Topliss-reactive ketones (excluding diaryl/α,β-unsaturated/α-hetero) is 2. The van der Waals surface area contributed by atoms with Crippen molar-refractivity contribution < 1.29 is 19.5 Å². The molecule has 250 valence electrons. The van der Waals surface area contributed by atoms with E-state index in [-0.39, 0.29) is 24.4 Å². The first kappa shape index (κ1) is 41.3. The molecule has 0 aromatic rings. The molecule has 1 atom stereocenters. The zero-order valence-corrected chi connectivity index (χ0v) is 28.6. The van der Waals surface area contributed by atoms with Crippen molar-refractivity contribution in [3.05, 3.63) is 24.3 Å². The molecule has 1 N–H and O–H groups in total. The van der Waals surface area contributed by atoms with E-state index in [1.165, 1.54) is 109 Å². The monoisotopic (exact) mass is 603 g/mol. The van der Waals surface area contributed by atoms with Gasteiger partial charge in [-0.25, -0.2) is 0 Å². The van der Waals surface area contributed by atoms with E-state index in [0.29, 0.717) is 6.42 Å². The highest BCUT2D eigenvalue weighted by atomic mass is 16.4. The van der Waals surface area contributed by atoms with Crippen molar-refractivity contribution in [2.75, 3.05) is 0 Å². The Morgan fingerprint density at radius 3 is 1.16 bits per heavy atom. The summed E-state index contributed by atoms with van der Waals surface area (Å²) in [6.45, 7) is 4.51. The Hall–Kier alpha value is -1.71. The molecular formula is C39H70O4. The SMILES string of the molecule is CCCCCCCCC=CCCCCCCCC(=O)CC(C(=O)O)C(=O)CCCCCCCC=CCCCCCCCC. The van der Waals surface area contributed by atoms with Gasteiger partial charge in [-0.05, 0) is 64.2 Å². The van der Waals surface area contributed by atoms with Crippen LogP contribution in [0.25, 0.3) is 0 Å². The number of hydrogen-bond donors (Lipinski definition) is 1. The highest BCUT2D eigenvalue weighted by Gasteiger charge is 2.27. The second-order valence-electron chi connectivity index (χ2n) is 12.8. The molecule has 0 aliphatic carbocycles. The van der Waals surface area contributed by atoms with Gasteiger partial charge in [0.05, 0.1) is 0 Å². The van der Waals surface area contributed by atoms with E-state index in [0.717, 1.165) is 57.8 Å². The van der Waals surface area contributed by atoms with Crippen molar-refractivity contribution in [3.8, 4) is 0 Å². The minimum absolute atomic E-state index is 0.0806. The van der Waals surface area contributed by atoms with Crippen LogP contribution in [0.5, 0.6) is 0 Å². The summed E-state index contributed by atoms with van der Waals surface area (Å²) < 4.78 is 0. The summed E-state index contributed by atoms with van der Waals surface area (Å²) in [5.74, 6) is -2.66. The van der Waals surface area contributed by atoms with Gasteiger partial charge in [0, 0.05) is 19.3 Å². The van der Waals surface area contributed by atoms with Crippen molar-refractivity contribution in [2.45, 2.75) is 200 Å². The number of rotatable bonds is 34. The Labute approximate surface area is 267 Å². The molecule has 0 aromatic carbocycles. The Morgan fingerprint density at radius 2 is 0.791 bits per heavy atom. The van der Waals surface area contributed by atoms with Crippen LogP contribution >= 0.6 is 0 Å². The first-order valence-electron chi connectivity index (χ1n) is 18.6. The number of carbonyl (C=O) groups is 3. The number of aliphatic carboxylic acids is 1. The van der Waals surface area contributed by atoms with E-state index in [1.54, 1.807) is 0 Å². The Morgan fingerprint density at radius 1 is 0.465 bits per heavy atom. The van der Waals surface area contributed by atoms with E-state index in [4.69, 9.17) is 0 Å². The van der Waals surface area contributed by atoms with Crippen LogP contribution in [-0.4, -0.2) is 22.6 Å². The molecule has 0 radical (unpaired) electrons. The molecule has 0 fully saturated rings. The normalized spacial score (nSPS) is 12.4. The van der Waals surface area contributed by atoms with Gasteiger partial charge < -0.3 is 5.11 Å². The molecule has 0 saturated carbocycles. The van der Waals surface area contributed by atoms with Gasteiger partial charge in [-0.15, -0.1) is 0 Å². The minimum Gasteiger partial charge on any atom is -0.481 e. The zero-order valence-electron chi connectivity index (χ0n) is 28.6. The van der Waals surface area contributed by atoms with Gasteiger partial charge in [-0.3, -0.25) is 14.4 Å². The van der Waals surface area contributed by atoms with Crippen LogP contribution in [0.2, 0.25) is 0 Å². The molecular weight excluding hydrogens is 532 g/mol. The standard InChI is InChI=1S/C39H70O4/c1-3-5-7-9-11-13-15-17-19-21-23-25-27-29-31-33-36(40)35-37(39(42)43)38(41)34-32-30-28-26-24-22-20-18-16-14-12-10-8-6-4-2/h17-20,37H,3-16,21-35H2,1-2H3,(H,42,43). The lowest BCUT2D eigenvalue weighted by Gasteiger charge is -2.11. The number of hydrogen-bond acceptors (Lipinski definition) is 3. The number of allylic oxidation sites excluding steroid dienone is 4. The van der Waals surface area contributed by atoms with Gasteiger partial charge in [-0.1, -0.05) is 141 Å². The fourth-order valence-corrected chi connectivity index (χ4v) is 5.61. The van der Waals surface area contributed by atoms with Crippen LogP contribution in [-0.2, 0) is 14.4 Å². The van der Waals surface area contributed by atoms with Gasteiger partial charge in [-0.2, -0.15) is 0 Å². The van der Waals surface area contributed by atoms with E-state index < -0.39 is 11.9 Å². The lowest BCUT2D eigenvalue weighted by molar-refractivity contribution is -0.148. The number of carbonyl (C=O) groups excluding carboxylic acids is 2. The third-order valence-corrected chi connectivity index (χ3v) is 8.52. The molecule has 0 aliphatic heterocycles. The Kier molecular flexibility index (Phi) is 31.9. The van der Waals surface area contributed by atoms with E-state index in [9.17, 15) is 19.5 Å². The molecule has 4 nitrogen and oxygen atoms in total. The molecule has 0 rings (SSSR count). The van der Waals surface area contributed by atoms with Crippen LogP contribution in [0, 0.1) is 5.92 Å². The Balaban J connectivity index is 3.74. The topological polar surface area (TPSA) is 71.4 Å². The lowest BCUT2D eigenvalue weighted by atomic mass is 9.92. The molecule has 0 aliphatic rings. The maximum Gasteiger partial charge on any atom is 0.314 e. The van der Waals surface area contributed by atoms with E-state index in [1.807, 2.05) is 0 Å². The number of unbranched alkanes of at least 4 members (excludes halogenated alkanes) is 22. The van der Waals surface area contributed by atoms with Crippen molar-refractivity contribution in [3.63, 3.8) is 0 Å². The second-order valence-corrected chi connectivity index (χ2v) is 12.8. The Bertz CT molecular complexity index is 708. The molecule has 1 unspecified atom stereocenters. The maximum absolute atomic E-state index is 12.5. The van der Waals surface area contributed by atoms with E-state index in [2.05, 4.69) is 38.2 Å². The molecule has 0 amide bonds. The van der Waals surface area contributed by atoms with Crippen LogP contribution in [0.15, 0.2) is 24.3 Å². The summed E-state index contributed by atoms with van der Waals surface area (Å²) in [6, 6.07) is 0. The quantitative estimate of drug-likeness (QED) is 0.0452. The predicted molar refractivity (Wildman–Crippen MR) is 185 cm³/mol. The molecule has 0 bridgehead atoms. The van der Waals surface area contributed by atoms with Crippen molar-refractivity contribution in [1.29, 1.82) is 0 Å². The van der Waals surface area contributed by atoms with Crippen LogP contribution in [0.4, 0.5) is 0 Å². The lowest BCUT2D eigenvalue weighted by Crippen LogP contribution is -2.26. The summed E-state index contributed by atoms with van der Waals surface area (Å²) in [5.41, 5.74) is 0. The summed E-state index contributed by atoms with van der Waals surface area (Å²) >= 11 is 0. The molecule has 0 heterocycles. The average molecular weight is 603 g/mol. The van der Waals surface area contributed by atoms with Gasteiger partial charge in [0.15, 0.2) is 0 Å². The highest BCUT2D eigenvalue weighted by molar-refractivity contribution is 6.01. The molecule has 4 heteroatoms. The fraction of sp³-hybridized carbons (Fsp3) is 0.821. The van der Waals surface area contributed by atoms with E-state index >= 15 is 0 Å². The molecule has 43 heavy (non-hydrogen) atoms. The van der Waals surface area contributed by atoms with Crippen molar-refractivity contribution >= 4 is 17.5 Å². The molecule has 0 aromatic heterocycles. The summed E-state index contributed by atoms with van der Waals surface area (Å²) in [7, 11) is 0. The smallest absolute Gasteiger partial charge is 0.314 e. The number of ketones is 2. The van der Waals surface area contributed by atoms with Crippen LogP contribution < -0.4 is 0 Å². The van der Waals surface area contributed by atoms with Crippen molar-refractivity contribution in [2.24, 2.45) is 5.92 Å². The minimum atomic E-state index is -1.16. The average Bonchev–Trinajstić information content (AvgIpc) is 2.99. The number of carboxylic acid groups (broad SMARTS) is 1.